The van der Waals surface area contributed by atoms with E-state index in [4.69, 9.17) is 5.11 Å². The van der Waals surface area contributed by atoms with Crippen LogP contribution < -0.4 is 5.43 Å². The molecule has 1 aromatic heterocycles. The lowest BCUT2D eigenvalue weighted by atomic mass is 10.2. The van der Waals surface area contributed by atoms with Crippen LogP contribution in [-0.4, -0.2) is 35.0 Å². The van der Waals surface area contributed by atoms with Crippen molar-refractivity contribution in [2.45, 2.75) is 26.1 Å². The van der Waals surface area contributed by atoms with Crippen LogP contribution in [0.15, 0.2) is 17.1 Å². The molecule has 0 radical (unpaired) electrons. The Kier molecular flexibility index (Phi) is 5.32. The maximum Gasteiger partial charge on any atom is 0.411 e. The van der Waals surface area contributed by atoms with Crippen molar-refractivity contribution < 1.29 is 27.8 Å². The molecule has 0 unspecified atom stereocenters. The Hall–Kier alpha value is -1.83. The second-order valence-corrected chi connectivity index (χ2v) is 4.21. The first-order valence-electron chi connectivity index (χ1n) is 5.79. The van der Waals surface area contributed by atoms with Gasteiger partial charge in [-0.25, -0.2) is 4.79 Å². The van der Waals surface area contributed by atoms with Gasteiger partial charge in [0.25, 0.3) is 0 Å². The lowest BCUT2D eigenvalue weighted by Crippen LogP contribution is -2.20. The minimum absolute atomic E-state index is 0.104. The summed E-state index contributed by atoms with van der Waals surface area (Å²) in [4.78, 5) is 22.2. The summed E-state index contributed by atoms with van der Waals surface area (Å²) in [7, 11) is 0. The zero-order chi connectivity index (χ0) is 15.3. The zero-order valence-electron chi connectivity index (χ0n) is 10.7. The standard InChI is InChI=1S/C12H14F3NO4/c1-8-5-10(17)9(11(18)19)6-16(8)3-2-4-20-7-12(13,14)15/h5-6H,2-4,7H2,1H3,(H,18,19). The van der Waals surface area contributed by atoms with E-state index in [9.17, 15) is 22.8 Å². The third-order valence-corrected chi connectivity index (χ3v) is 2.53. The molecule has 0 aliphatic rings. The van der Waals surface area contributed by atoms with E-state index in [0.717, 1.165) is 0 Å². The van der Waals surface area contributed by atoms with Crippen molar-refractivity contribution in [1.82, 2.24) is 4.57 Å². The highest BCUT2D eigenvalue weighted by Gasteiger charge is 2.27. The highest BCUT2D eigenvalue weighted by molar-refractivity contribution is 5.87. The molecule has 112 valence electrons. The van der Waals surface area contributed by atoms with Crippen molar-refractivity contribution in [2.24, 2.45) is 0 Å². The summed E-state index contributed by atoms with van der Waals surface area (Å²) in [6.07, 6.45) is -2.90. The maximum absolute atomic E-state index is 11.8. The highest BCUT2D eigenvalue weighted by atomic mass is 19.4. The lowest BCUT2D eigenvalue weighted by molar-refractivity contribution is -0.174. The Morgan fingerprint density at radius 3 is 2.65 bits per heavy atom. The summed E-state index contributed by atoms with van der Waals surface area (Å²) in [5, 5.41) is 8.82. The summed E-state index contributed by atoms with van der Waals surface area (Å²) < 4.78 is 41.4. The van der Waals surface area contributed by atoms with Gasteiger partial charge in [-0.15, -0.1) is 0 Å². The Labute approximate surface area is 112 Å². The summed E-state index contributed by atoms with van der Waals surface area (Å²) in [6.45, 7) is 0.470. The molecule has 0 saturated heterocycles. The Balaban J connectivity index is 2.58. The Morgan fingerprint density at radius 1 is 1.45 bits per heavy atom. The number of hydrogen-bond donors (Lipinski definition) is 1. The van der Waals surface area contributed by atoms with Gasteiger partial charge in [0.2, 0.25) is 0 Å². The van der Waals surface area contributed by atoms with E-state index in [1.165, 1.54) is 16.8 Å². The summed E-state index contributed by atoms with van der Waals surface area (Å²) in [6, 6.07) is 1.18. The number of pyridine rings is 1. The number of hydrogen-bond acceptors (Lipinski definition) is 3. The molecule has 0 aliphatic carbocycles. The minimum atomic E-state index is -4.36. The third kappa shape index (κ3) is 5.04. The van der Waals surface area contributed by atoms with Crippen LogP contribution in [0.5, 0.6) is 0 Å². The van der Waals surface area contributed by atoms with E-state index in [1.54, 1.807) is 6.92 Å². The van der Waals surface area contributed by atoms with E-state index in [1.807, 2.05) is 0 Å². The number of carbonyl (C=O) groups is 1. The fraction of sp³-hybridized carbons (Fsp3) is 0.500. The van der Waals surface area contributed by atoms with Crippen molar-refractivity contribution >= 4 is 5.97 Å². The third-order valence-electron chi connectivity index (χ3n) is 2.53. The van der Waals surface area contributed by atoms with Crippen molar-refractivity contribution in [2.75, 3.05) is 13.2 Å². The van der Waals surface area contributed by atoms with Crippen molar-refractivity contribution in [3.05, 3.63) is 33.7 Å². The van der Waals surface area contributed by atoms with Gasteiger partial charge in [-0.1, -0.05) is 0 Å². The van der Waals surface area contributed by atoms with Crippen LogP contribution in [0.2, 0.25) is 0 Å². The molecule has 1 heterocycles. The molecule has 0 atom stereocenters. The molecule has 8 heteroatoms. The molecular formula is C12H14F3NO4. The number of aromatic carboxylic acids is 1. The van der Waals surface area contributed by atoms with Crippen molar-refractivity contribution in [3.8, 4) is 0 Å². The fourth-order valence-corrected chi connectivity index (χ4v) is 1.60. The van der Waals surface area contributed by atoms with Crippen molar-refractivity contribution in [1.29, 1.82) is 0 Å². The zero-order valence-corrected chi connectivity index (χ0v) is 10.7. The van der Waals surface area contributed by atoms with E-state index >= 15 is 0 Å². The van der Waals surface area contributed by atoms with Gasteiger partial charge in [-0.05, 0) is 13.3 Å². The molecule has 0 aliphatic heterocycles. The van der Waals surface area contributed by atoms with Gasteiger partial charge < -0.3 is 14.4 Å². The average molecular weight is 293 g/mol. The number of carboxylic acid groups (broad SMARTS) is 1. The predicted octanol–water partition coefficient (Wildman–Crippen LogP) is 1.82. The number of alkyl halides is 3. The smallest absolute Gasteiger partial charge is 0.411 e. The second kappa shape index (κ2) is 6.56. The molecule has 1 N–H and O–H groups in total. The Morgan fingerprint density at radius 2 is 2.10 bits per heavy atom. The SMILES string of the molecule is Cc1cc(=O)c(C(=O)O)cn1CCCOCC(F)(F)F. The van der Waals surface area contributed by atoms with Crippen LogP contribution >= 0.6 is 0 Å². The van der Waals surface area contributed by atoms with Gasteiger partial charge in [-0.3, -0.25) is 4.79 Å². The second-order valence-electron chi connectivity index (χ2n) is 4.21. The molecule has 20 heavy (non-hydrogen) atoms. The molecule has 5 nitrogen and oxygen atoms in total. The van der Waals surface area contributed by atoms with Crippen LogP contribution in [0, 0.1) is 6.92 Å². The monoisotopic (exact) mass is 293 g/mol. The molecule has 0 saturated carbocycles. The highest BCUT2D eigenvalue weighted by Crippen LogP contribution is 2.14. The van der Waals surface area contributed by atoms with Crippen LogP contribution in [-0.2, 0) is 11.3 Å². The number of ether oxygens (including phenoxy) is 1. The number of carboxylic acids is 1. The summed E-state index contributed by atoms with van der Waals surface area (Å²) >= 11 is 0. The number of aromatic nitrogens is 1. The molecule has 0 spiro atoms. The molecule has 0 fully saturated rings. The number of aryl methyl sites for hydroxylation is 2. The first-order chi connectivity index (χ1) is 9.20. The molecular weight excluding hydrogens is 279 g/mol. The first kappa shape index (κ1) is 16.2. The van der Waals surface area contributed by atoms with E-state index in [-0.39, 0.29) is 25.1 Å². The maximum atomic E-state index is 11.8. The van der Waals surface area contributed by atoms with Gasteiger partial charge >= 0.3 is 12.1 Å². The van der Waals surface area contributed by atoms with Crippen molar-refractivity contribution in [3.63, 3.8) is 0 Å². The number of rotatable bonds is 6. The molecule has 0 bridgehead atoms. The minimum Gasteiger partial charge on any atom is -0.477 e. The van der Waals surface area contributed by atoms with Gasteiger partial charge in [0.1, 0.15) is 12.2 Å². The predicted molar refractivity (Wildman–Crippen MR) is 63.9 cm³/mol. The number of halogens is 3. The first-order valence-corrected chi connectivity index (χ1v) is 5.79. The topological polar surface area (TPSA) is 68.5 Å². The molecule has 1 rings (SSSR count). The summed E-state index contributed by atoms with van der Waals surface area (Å²) in [5.41, 5.74) is -0.429. The molecule has 0 amide bonds. The largest absolute Gasteiger partial charge is 0.477 e. The van der Waals surface area contributed by atoms with Gasteiger partial charge in [0, 0.05) is 31.1 Å². The Bertz CT molecular complexity index is 536. The van der Waals surface area contributed by atoms with Crippen LogP contribution in [0.25, 0.3) is 0 Å². The van der Waals surface area contributed by atoms with E-state index in [2.05, 4.69) is 4.74 Å². The normalized spacial score (nSPS) is 11.6. The van der Waals surface area contributed by atoms with Crippen LogP contribution in [0.3, 0.4) is 0 Å². The number of nitrogens with zero attached hydrogens (tertiary/aromatic N) is 1. The van der Waals surface area contributed by atoms with Crippen LogP contribution in [0.1, 0.15) is 22.5 Å². The molecule has 0 aromatic carbocycles. The fourth-order valence-electron chi connectivity index (χ4n) is 1.60. The molecule has 1 aromatic rings. The average Bonchev–Trinajstić information content (AvgIpc) is 2.29. The van der Waals surface area contributed by atoms with Gasteiger partial charge in [0.15, 0.2) is 5.43 Å². The van der Waals surface area contributed by atoms with Gasteiger partial charge in [0.05, 0.1) is 0 Å². The van der Waals surface area contributed by atoms with Crippen LogP contribution in [0.4, 0.5) is 13.2 Å². The van der Waals surface area contributed by atoms with Gasteiger partial charge in [-0.2, -0.15) is 13.2 Å². The quantitative estimate of drug-likeness (QED) is 0.812. The lowest BCUT2D eigenvalue weighted by Gasteiger charge is -2.12. The van der Waals surface area contributed by atoms with E-state index in [0.29, 0.717) is 5.69 Å². The van der Waals surface area contributed by atoms with E-state index < -0.39 is 24.2 Å². The summed E-state index contributed by atoms with van der Waals surface area (Å²) in [5.74, 6) is -1.34.